The summed E-state index contributed by atoms with van der Waals surface area (Å²) in [6, 6.07) is 1.47. The van der Waals surface area contributed by atoms with Gasteiger partial charge in [0.15, 0.2) is 0 Å². The second-order valence-corrected chi connectivity index (χ2v) is 12.8. The van der Waals surface area contributed by atoms with Crippen molar-refractivity contribution in [1.82, 2.24) is 14.7 Å². The highest BCUT2D eigenvalue weighted by Gasteiger charge is 2.18. The summed E-state index contributed by atoms with van der Waals surface area (Å²) in [7, 11) is 3.49. The molecule has 0 bridgehead atoms. The van der Waals surface area contributed by atoms with Gasteiger partial charge in [-0.15, -0.1) is 0 Å². The maximum atomic E-state index is 2.65. The molecule has 1 saturated heterocycles. The quantitative estimate of drug-likeness (QED) is 0.658. The van der Waals surface area contributed by atoms with Gasteiger partial charge in [-0.05, 0) is 33.5 Å². The van der Waals surface area contributed by atoms with Gasteiger partial charge in [-0.1, -0.05) is 25.7 Å². The van der Waals surface area contributed by atoms with Gasteiger partial charge in [-0.25, -0.2) is 0 Å². The minimum absolute atomic E-state index is 0.836. The maximum absolute atomic E-state index is 2.65. The van der Waals surface area contributed by atoms with E-state index in [0.717, 1.165) is 0 Å². The summed E-state index contributed by atoms with van der Waals surface area (Å²) in [4.78, 5) is 7.54. The van der Waals surface area contributed by atoms with Crippen molar-refractivity contribution in [3.8, 4) is 0 Å². The number of hydrogen-bond acceptors (Lipinski definition) is 3. The minimum Gasteiger partial charge on any atom is -0.308 e. The maximum Gasteiger partial charge on any atom is 0.0506 e. The molecule has 0 spiro atoms. The monoisotopic (exact) mass is 271 g/mol. The van der Waals surface area contributed by atoms with E-state index in [-0.39, 0.29) is 0 Å². The Balaban J connectivity index is 2.18. The zero-order chi connectivity index (χ0) is 13.6. The molecule has 1 aliphatic heterocycles. The molecule has 0 amide bonds. The van der Waals surface area contributed by atoms with Gasteiger partial charge >= 0.3 is 0 Å². The largest absolute Gasteiger partial charge is 0.308 e. The molecule has 0 aromatic rings. The smallest absolute Gasteiger partial charge is 0.0506 e. The summed E-state index contributed by atoms with van der Waals surface area (Å²) in [6.07, 6.45) is 2.75. The SMILES string of the molecule is CN(C)CCN1CCCN(CCC[Si](C)(C)C)C1. The summed E-state index contributed by atoms with van der Waals surface area (Å²) in [5.41, 5.74) is 0. The van der Waals surface area contributed by atoms with Gasteiger partial charge in [-0.3, -0.25) is 9.80 Å². The highest BCUT2D eigenvalue weighted by molar-refractivity contribution is 6.76. The second kappa shape index (κ2) is 7.63. The first-order chi connectivity index (χ1) is 8.37. The fourth-order valence-corrected chi connectivity index (χ4v) is 3.70. The van der Waals surface area contributed by atoms with Crippen LogP contribution in [0.1, 0.15) is 12.8 Å². The van der Waals surface area contributed by atoms with Gasteiger partial charge in [0.05, 0.1) is 6.67 Å². The van der Waals surface area contributed by atoms with Gasteiger partial charge in [0.25, 0.3) is 0 Å². The van der Waals surface area contributed by atoms with E-state index in [2.05, 4.69) is 48.4 Å². The van der Waals surface area contributed by atoms with Gasteiger partial charge in [-0.2, -0.15) is 0 Å². The molecule has 0 radical (unpaired) electrons. The number of nitrogens with zero attached hydrogens (tertiary/aromatic N) is 3. The van der Waals surface area contributed by atoms with Crippen molar-refractivity contribution in [1.29, 1.82) is 0 Å². The summed E-state index contributed by atoms with van der Waals surface area (Å²) in [5.74, 6) is 0. The zero-order valence-electron chi connectivity index (χ0n) is 13.2. The molecule has 1 rings (SSSR count). The molecule has 0 N–H and O–H groups in total. The molecule has 0 aliphatic carbocycles. The summed E-state index contributed by atoms with van der Waals surface area (Å²) >= 11 is 0. The van der Waals surface area contributed by atoms with E-state index >= 15 is 0 Å². The summed E-state index contributed by atoms with van der Waals surface area (Å²) < 4.78 is 0. The molecule has 0 saturated carbocycles. The van der Waals surface area contributed by atoms with Crippen LogP contribution in [0.25, 0.3) is 0 Å². The Bertz CT molecular complexity index is 226. The van der Waals surface area contributed by atoms with Crippen molar-refractivity contribution in [2.45, 2.75) is 38.5 Å². The van der Waals surface area contributed by atoms with E-state index in [1.54, 1.807) is 0 Å². The molecule has 3 nitrogen and oxygen atoms in total. The van der Waals surface area contributed by atoms with E-state index in [9.17, 15) is 0 Å². The molecule has 1 fully saturated rings. The predicted molar refractivity (Wildman–Crippen MR) is 84.0 cm³/mol. The first kappa shape index (κ1) is 16.2. The first-order valence-corrected chi connectivity index (χ1v) is 11.2. The number of likely N-dealkylation sites (N-methyl/N-ethyl adjacent to an activating group) is 1. The zero-order valence-corrected chi connectivity index (χ0v) is 14.2. The van der Waals surface area contributed by atoms with Crippen LogP contribution >= 0.6 is 0 Å². The van der Waals surface area contributed by atoms with Crippen LogP contribution in [0.3, 0.4) is 0 Å². The standard InChI is InChI=1S/C14H33N3Si/c1-15(2)11-12-17-9-6-8-16(14-17)10-7-13-18(3,4)5/h6-14H2,1-5H3. The molecular formula is C14H33N3Si. The lowest BCUT2D eigenvalue weighted by molar-refractivity contribution is 0.0807. The predicted octanol–water partition coefficient (Wildman–Crippen LogP) is 2.24. The van der Waals surface area contributed by atoms with Gasteiger partial charge in [0, 0.05) is 34.3 Å². The number of hydrogen-bond donors (Lipinski definition) is 0. The Kier molecular flexibility index (Phi) is 6.85. The highest BCUT2D eigenvalue weighted by atomic mass is 28.3. The molecule has 108 valence electrons. The summed E-state index contributed by atoms with van der Waals surface area (Å²) in [5, 5.41) is 0. The Labute approximate surface area is 115 Å². The van der Waals surface area contributed by atoms with Crippen LogP contribution in [0, 0.1) is 0 Å². The molecular weight excluding hydrogens is 238 g/mol. The van der Waals surface area contributed by atoms with E-state index < -0.39 is 8.07 Å². The van der Waals surface area contributed by atoms with Crippen molar-refractivity contribution in [2.24, 2.45) is 0 Å². The van der Waals surface area contributed by atoms with E-state index in [4.69, 9.17) is 0 Å². The number of rotatable bonds is 7. The van der Waals surface area contributed by atoms with Crippen LogP contribution in [-0.4, -0.2) is 76.3 Å². The van der Waals surface area contributed by atoms with Crippen LogP contribution in [0.2, 0.25) is 25.7 Å². The van der Waals surface area contributed by atoms with Crippen molar-refractivity contribution in [2.75, 3.05) is 53.5 Å². The molecule has 0 aromatic carbocycles. The molecule has 18 heavy (non-hydrogen) atoms. The average molecular weight is 272 g/mol. The van der Waals surface area contributed by atoms with E-state index in [0.29, 0.717) is 0 Å². The van der Waals surface area contributed by atoms with Crippen LogP contribution in [0.15, 0.2) is 0 Å². The Hall–Kier alpha value is 0.0969. The van der Waals surface area contributed by atoms with E-state index in [1.165, 1.54) is 58.3 Å². The van der Waals surface area contributed by atoms with Crippen molar-refractivity contribution < 1.29 is 0 Å². The molecule has 0 atom stereocenters. The fourth-order valence-electron chi connectivity index (χ4n) is 2.48. The first-order valence-electron chi connectivity index (χ1n) is 7.46. The van der Waals surface area contributed by atoms with Crippen LogP contribution in [0.5, 0.6) is 0 Å². The Morgan fingerprint density at radius 3 is 2.17 bits per heavy atom. The third-order valence-corrected chi connectivity index (χ3v) is 5.47. The van der Waals surface area contributed by atoms with Crippen LogP contribution < -0.4 is 0 Å². The average Bonchev–Trinajstić information content (AvgIpc) is 2.25. The highest BCUT2D eigenvalue weighted by Crippen LogP contribution is 2.13. The Morgan fingerprint density at radius 1 is 1.00 bits per heavy atom. The van der Waals surface area contributed by atoms with Crippen LogP contribution in [0.4, 0.5) is 0 Å². The third-order valence-electron chi connectivity index (χ3n) is 3.61. The van der Waals surface area contributed by atoms with E-state index in [1.807, 2.05) is 0 Å². The van der Waals surface area contributed by atoms with Gasteiger partial charge < -0.3 is 4.90 Å². The normalized spacial score (nSPS) is 19.7. The third kappa shape index (κ3) is 7.51. The lowest BCUT2D eigenvalue weighted by Gasteiger charge is -2.36. The van der Waals surface area contributed by atoms with Crippen molar-refractivity contribution in [3.63, 3.8) is 0 Å². The second-order valence-electron chi connectivity index (χ2n) is 7.20. The fraction of sp³-hybridized carbons (Fsp3) is 1.00. The molecule has 1 heterocycles. The Morgan fingerprint density at radius 2 is 1.61 bits per heavy atom. The van der Waals surface area contributed by atoms with Crippen molar-refractivity contribution >= 4 is 8.07 Å². The van der Waals surface area contributed by atoms with Crippen LogP contribution in [-0.2, 0) is 0 Å². The molecule has 1 aliphatic rings. The summed E-state index contributed by atoms with van der Waals surface area (Å²) in [6.45, 7) is 14.9. The lowest BCUT2D eigenvalue weighted by atomic mass is 10.2. The minimum atomic E-state index is -0.836. The molecule has 0 unspecified atom stereocenters. The van der Waals surface area contributed by atoms with Gasteiger partial charge in [0.1, 0.15) is 0 Å². The topological polar surface area (TPSA) is 9.72 Å². The van der Waals surface area contributed by atoms with Gasteiger partial charge in [0.2, 0.25) is 0 Å². The lowest BCUT2D eigenvalue weighted by Crippen LogP contribution is -2.47. The molecule has 4 heteroatoms. The molecule has 0 aromatic heterocycles. The van der Waals surface area contributed by atoms with Crippen molar-refractivity contribution in [3.05, 3.63) is 0 Å².